The second-order valence-electron chi connectivity index (χ2n) is 6.59. The quantitative estimate of drug-likeness (QED) is 0.895. The van der Waals surface area contributed by atoms with Gasteiger partial charge in [0.25, 0.3) is 0 Å². The Labute approximate surface area is 122 Å². The van der Waals surface area contributed by atoms with E-state index in [0.717, 1.165) is 24.9 Å². The summed E-state index contributed by atoms with van der Waals surface area (Å²) >= 11 is 0. The van der Waals surface area contributed by atoms with Crippen LogP contribution >= 0.6 is 0 Å². The van der Waals surface area contributed by atoms with E-state index in [-0.39, 0.29) is 0 Å². The average Bonchev–Trinajstić information content (AvgIpc) is 2.48. The zero-order valence-electron chi connectivity index (χ0n) is 12.8. The van der Waals surface area contributed by atoms with Crippen molar-refractivity contribution in [3.63, 3.8) is 0 Å². The number of benzene rings is 1. The molecular weight excluding hydrogens is 246 g/mol. The van der Waals surface area contributed by atoms with E-state index in [2.05, 4.69) is 37.5 Å². The smallest absolute Gasteiger partial charge is 0.127 e. The largest absolute Gasteiger partial charge is 0.493 e. The van der Waals surface area contributed by atoms with Crippen LogP contribution in [0.3, 0.4) is 0 Å². The van der Waals surface area contributed by atoms with Crippen LogP contribution in [-0.4, -0.2) is 13.7 Å². The van der Waals surface area contributed by atoms with Crippen LogP contribution in [0.2, 0.25) is 0 Å². The van der Waals surface area contributed by atoms with Crippen LogP contribution in [0.5, 0.6) is 5.75 Å². The molecule has 3 unspecified atom stereocenters. The van der Waals surface area contributed by atoms with Gasteiger partial charge in [-0.15, -0.1) is 0 Å². The fraction of sp³-hybridized carbons (Fsp3) is 0.667. The average molecular weight is 273 g/mol. The molecule has 0 saturated heterocycles. The molecule has 1 saturated carbocycles. The Morgan fingerprint density at radius 3 is 2.95 bits per heavy atom. The van der Waals surface area contributed by atoms with Crippen molar-refractivity contribution in [2.45, 2.75) is 51.5 Å². The van der Waals surface area contributed by atoms with Crippen molar-refractivity contribution >= 4 is 0 Å². The molecule has 0 aromatic heterocycles. The van der Waals surface area contributed by atoms with Crippen LogP contribution in [0.1, 0.15) is 56.2 Å². The highest BCUT2D eigenvalue weighted by molar-refractivity contribution is 5.44. The Morgan fingerprint density at radius 2 is 2.15 bits per heavy atom. The van der Waals surface area contributed by atoms with Gasteiger partial charge in [-0.2, -0.15) is 0 Å². The molecule has 1 aromatic carbocycles. The molecule has 1 aliphatic heterocycles. The van der Waals surface area contributed by atoms with E-state index >= 15 is 0 Å². The minimum absolute atomic E-state index is 0.450. The number of nitrogens with one attached hydrogen (secondary N) is 1. The van der Waals surface area contributed by atoms with Crippen LogP contribution in [0.4, 0.5) is 0 Å². The predicted molar refractivity (Wildman–Crippen MR) is 83.2 cm³/mol. The SMILES string of the molecule is CNC(c1cccc2c1OCCC2)C1CCCC(C)C1. The molecular formula is C18H27NO. The first-order chi connectivity index (χ1) is 9.79. The molecule has 3 rings (SSSR count). The minimum atomic E-state index is 0.450. The number of rotatable bonds is 3. The Hall–Kier alpha value is -1.02. The highest BCUT2D eigenvalue weighted by Gasteiger charge is 2.29. The van der Waals surface area contributed by atoms with E-state index in [4.69, 9.17) is 4.74 Å². The summed E-state index contributed by atoms with van der Waals surface area (Å²) in [6.07, 6.45) is 7.78. The van der Waals surface area contributed by atoms with Gasteiger partial charge in [-0.25, -0.2) is 0 Å². The summed E-state index contributed by atoms with van der Waals surface area (Å²) in [6, 6.07) is 7.16. The Bertz CT molecular complexity index is 457. The highest BCUT2D eigenvalue weighted by atomic mass is 16.5. The zero-order chi connectivity index (χ0) is 13.9. The molecule has 2 nitrogen and oxygen atoms in total. The van der Waals surface area contributed by atoms with E-state index in [1.807, 2.05) is 0 Å². The Morgan fingerprint density at radius 1 is 1.25 bits per heavy atom. The minimum Gasteiger partial charge on any atom is -0.493 e. The molecule has 0 spiro atoms. The van der Waals surface area contributed by atoms with Crippen molar-refractivity contribution in [3.8, 4) is 5.75 Å². The molecule has 110 valence electrons. The molecule has 1 aromatic rings. The molecule has 1 fully saturated rings. The Kier molecular flexibility index (Phi) is 4.30. The summed E-state index contributed by atoms with van der Waals surface area (Å²) in [6.45, 7) is 3.28. The summed E-state index contributed by atoms with van der Waals surface area (Å²) < 4.78 is 6.02. The molecule has 2 heteroatoms. The molecule has 2 aliphatic rings. The van der Waals surface area contributed by atoms with Gasteiger partial charge in [0.05, 0.1) is 6.61 Å². The fourth-order valence-electron chi connectivity index (χ4n) is 4.09. The molecule has 1 N–H and O–H groups in total. The molecule has 0 radical (unpaired) electrons. The third kappa shape index (κ3) is 2.71. The number of para-hydroxylation sites is 1. The molecule has 0 bridgehead atoms. The molecule has 1 heterocycles. The van der Waals surface area contributed by atoms with Crippen LogP contribution in [-0.2, 0) is 6.42 Å². The van der Waals surface area contributed by atoms with Crippen molar-refractivity contribution in [3.05, 3.63) is 29.3 Å². The lowest BCUT2D eigenvalue weighted by Crippen LogP contribution is -2.30. The summed E-state index contributed by atoms with van der Waals surface area (Å²) in [5.74, 6) is 2.79. The third-order valence-corrected chi connectivity index (χ3v) is 5.06. The molecule has 20 heavy (non-hydrogen) atoms. The van der Waals surface area contributed by atoms with Crippen molar-refractivity contribution in [2.24, 2.45) is 11.8 Å². The van der Waals surface area contributed by atoms with E-state index < -0.39 is 0 Å². The number of fused-ring (bicyclic) bond motifs is 1. The first-order valence-corrected chi connectivity index (χ1v) is 8.21. The van der Waals surface area contributed by atoms with Gasteiger partial charge in [0, 0.05) is 11.6 Å². The molecule has 3 atom stereocenters. The van der Waals surface area contributed by atoms with E-state index in [1.54, 1.807) is 0 Å². The van der Waals surface area contributed by atoms with E-state index in [1.165, 1.54) is 49.0 Å². The second-order valence-corrected chi connectivity index (χ2v) is 6.59. The van der Waals surface area contributed by atoms with Gasteiger partial charge in [-0.05, 0) is 50.1 Å². The summed E-state index contributed by atoms with van der Waals surface area (Å²) in [4.78, 5) is 0. The monoisotopic (exact) mass is 273 g/mol. The van der Waals surface area contributed by atoms with E-state index in [0.29, 0.717) is 6.04 Å². The zero-order valence-corrected chi connectivity index (χ0v) is 12.8. The number of hydrogen-bond acceptors (Lipinski definition) is 2. The van der Waals surface area contributed by atoms with Gasteiger partial charge in [0.2, 0.25) is 0 Å². The topological polar surface area (TPSA) is 21.3 Å². The lowest BCUT2D eigenvalue weighted by Gasteiger charge is -2.35. The number of hydrogen-bond donors (Lipinski definition) is 1. The maximum atomic E-state index is 6.02. The van der Waals surface area contributed by atoms with Crippen LogP contribution < -0.4 is 10.1 Å². The van der Waals surface area contributed by atoms with Crippen LogP contribution in [0.25, 0.3) is 0 Å². The normalized spacial score (nSPS) is 27.5. The number of ether oxygens (including phenoxy) is 1. The first kappa shape index (κ1) is 13.9. The first-order valence-electron chi connectivity index (χ1n) is 8.21. The van der Waals surface area contributed by atoms with Crippen molar-refractivity contribution < 1.29 is 4.74 Å². The summed E-state index contributed by atoms with van der Waals surface area (Å²) in [5, 5.41) is 3.58. The standard InChI is InChI=1S/C18H27NO/c1-13-6-3-8-15(12-13)17(19-2)16-10-4-7-14-9-5-11-20-18(14)16/h4,7,10,13,15,17,19H,3,5-6,8-9,11-12H2,1-2H3. The van der Waals surface area contributed by atoms with Gasteiger partial charge in [-0.3, -0.25) is 0 Å². The van der Waals surface area contributed by atoms with Gasteiger partial charge in [-0.1, -0.05) is 38.0 Å². The predicted octanol–water partition coefficient (Wildman–Crippen LogP) is 4.10. The highest BCUT2D eigenvalue weighted by Crippen LogP contribution is 2.41. The van der Waals surface area contributed by atoms with Crippen LogP contribution in [0, 0.1) is 11.8 Å². The maximum Gasteiger partial charge on any atom is 0.127 e. The number of aryl methyl sites for hydroxylation is 1. The van der Waals surface area contributed by atoms with Gasteiger partial charge in [0.15, 0.2) is 0 Å². The third-order valence-electron chi connectivity index (χ3n) is 5.06. The second kappa shape index (κ2) is 6.17. The van der Waals surface area contributed by atoms with Crippen molar-refractivity contribution in [1.29, 1.82) is 0 Å². The van der Waals surface area contributed by atoms with Crippen LogP contribution in [0.15, 0.2) is 18.2 Å². The lowest BCUT2D eigenvalue weighted by molar-refractivity contribution is 0.221. The summed E-state index contributed by atoms with van der Waals surface area (Å²) in [7, 11) is 2.10. The Balaban J connectivity index is 1.89. The summed E-state index contributed by atoms with van der Waals surface area (Å²) in [5.41, 5.74) is 2.79. The fourth-order valence-corrected chi connectivity index (χ4v) is 4.09. The molecule has 0 amide bonds. The van der Waals surface area contributed by atoms with E-state index in [9.17, 15) is 0 Å². The van der Waals surface area contributed by atoms with Crippen molar-refractivity contribution in [2.75, 3.05) is 13.7 Å². The van der Waals surface area contributed by atoms with Gasteiger partial charge in [0.1, 0.15) is 5.75 Å². The van der Waals surface area contributed by atoms with Gasteiger partial charge < -0.3 is 10.1 Å². The lowest BCUT2D eigenvalue weighted by atomic mass is 9.76. The van der Waals surface area contributed by atoms with Crippen molar-refractivity contribution in [1.82, 2.24) is 5.32 Å². The molecule has 1 aliphatic carbocycles. The maximum absolute atomic E-state index is 6.02. The van der Waals surface area contributed by atoms with Gasteiger partial charge >= 0.3 is 0 Å².